The van der Waals surface area contributed by atoms with Crippen LogP contribution in [0.1, 0.15) is 58.8 Å². The van der Waals surface area contributed by atoms with Crippen LogP contribution >= 0.6 is 0 Å². The highest BCUT2D eigenvalue weighted by molar-refractivity contribution is 5.12. The van der Waals surface area contributed by atoms with E-state index in [0.717, 1.165) is 12.3 Å². The Hall–Kier alpha value is -0.300. The predicted molar refractivity (Wildman–Crippen MR) is 70.7 cm³/mol. The van der Waals surface area contributed by atoms with Gasteiger partial charge in [0.15, 0.2) is 0 Å². The smallest absolute Gasteiger partial charge is 0.0631 e. The molecule has 0 aromatic carbocycles. The summed E-state index contributed by atoms with van der Waals surface area (Å²) in [6.07, 6.45) is 10.5. The second kappa shape index (κ2) is 3.38. The van der Waals surface area contributed by atoms with Gasteiger partial charge in [-0.2, -0.15) is 0 Å². The van der Waals surface area contributed by atoms with Crippen molar-refractivity contribution in [2.75, 3.05) is 0 Å². The summed E-state index contributed by atoms with van der Waals surface area (Å²) in [5.74, 6) is 0.876. The van der Waals surface area contributed by atoms with Crippen LogP contribution in [0.15, 0.2) is 12.7 Å². The Kier molecular flexibility index (Phi) is 2.34. The van der Waals surface area contributed by atoms with E-state index in [1.54, 1.807) is 0 Å². The minimum atomic E-state index is -0.151. The molecule has 3 unspecified atom stereocenters. The molecule has 0 heterocycles. The van der Waals surface area contributed by atoms with Crippen LogP contribution < -0.4 is 0 Å². The van der Waals surface area contributed by atoms with Crippen LogP contribution in [0, 0.1) is 22.2 Å². The Morgan fingerprint density at radius 1 is 1.18 bits per heavy atom. The van der Waals surface area contributed by atoms with Crippen molar-refractivity contribution in [3.8, 4) is 0 Å². The van der Waals surface area contributed by atoms with Crippen LogP contribution in [0.4, 0.5) is 0 Å². The molecule has 4 rings (SSSR count). The minimum absolute atomic E-state index is 0.151. The third-order valence-electron chi connectivity index (χ3n) is 5.77. The van der Waals surface area contributed by atoms with Gasteiger partial charge in [0.1, 0.15) is 0 Å². The molecule has 1 heteroatoms. The Bertz CT molecular complexity index is 327. The first-order valence-corrected chi connectivity index (χ1v) is 7.18. The summed E-state index contributed by atoms with van der Waals surface area (Å²) in [5, 5.41) is 10.6. The van der Waals surface area contributed by atoms with Crippen molar-refractivity contribution in [1.82, 2.24) is 0 Å². The fourth-order valence-electron chi connectivity index (χ4n) is 6.32. The van der Waals surface area contributed by atoms with E-state index in [9.17, 15) is 5.11 Å². The van der Waals surface area contributed by atoms with Crippen LogP contribution in [0.5, 0.6) is 0 Å². The lowest BCUT2D eigenvalue weighted by atomic mass is 9.39. The number of hydrogen-bond donors (Lipinski definition) is 1. The van der Waals surface area contributed by atoms with E-state index in [4.69, 9.17) is 0 Å². The maximum absolute atomic E-state index is 10.6. The quantitative estimate of drug-likeness (QED) is 0.734. The van der Waals surface area contributed by atoms with Gasteiger partial charge in [-0.15, -0.1) is 6.58 Å². The van der Waals surface area contributed by atoms with Crippen LogP contribution in [-0.4, -0.2) is 11.2 Å². The van der Waals surface area contributed by atoms with Gasteiger partial charge < -0.3 is 5.11 Å². The molecule has 0 radical (unpaired) electrons. The third kappa shape index (κ3) is 1.69. The SMILES string of the molecule is C=CCC(O)C12CC3CC(C)(CC(C)(C3)C1)C2. The summed E-state index contributed by atoms with van der Waals surface area (Å²) < 4.78 is 0. The first-order chi connectivity index (χ1) is 7.89. The zero-order chi connectivity index (χ0) is 12.3. The first kappa shape index (κ1) is 11.8. The number of hydrogen-bond acceptors (Lipinski definition) is 1. The van der Waals surface area contributed by atoms with Gasteiger partial charge in [0.2, 0.25) is 0 Å². The lowest BCUT2D eigenvalue weighted by Gasteiger charge is -2.66. The minimum Gasteiger partial charge on any atom is -0.392 e. The van der Waals surface area contributed by atoms with Crippen LogP contribution in [0.2, 0.25) is 0 Å². The summed E-state index contributed by atoms with van der Waals surface area (Å²) >= 11 is 0. The maximum atomic E-state index is 10.6. The molecule has 4 fully saturated rings. The van der Waals surface area contributed by atoms with Crippen molar-refractivity contribution in [1.29, 1.82) is 0 Å². The van der Waals surface area contributed by atoms with E-state index in [1.165, 1.54) is 38.5 Å². The summed E-state index contributed by atoms with van der Waals surface area (Å²) in [7, 11) is 0. The highest BCUT2D eigenvalue weighted by Gasteiger charge is 2.61. The van der Waals surface area contributed by atoms with Gasteiger partial charge in [0.05, 0.1) is 6.10 Å². The lowest BCUT2D eigenvalue weighted by molar-refractivity contribution is -0.184. The third-order valence-corrected chi connectivity index (χ3v) is 5.77. The van der Waals surface area contributed by atoms with Gasteiger partial charge in [0, 0.05) is 0 Å². The molecule has 4 bridgehead atoms. The lowest BCUT2D eigenvalue weighted by Crippen LogP contribution is -2.58. The summed E-state index contributed by atoms with van der Waals surface area (Å²) in [6.45, 7) is 8.73. The van der Waals surface area contributed by atoms with Gasteiger partial charge in [-0.3, -0.25) is 0 Å². The fourth-order valence-corrected chi connectivity index (χ4v) is 6.32. The van der Waals surface area contributed by atoms with E-state index in [2.05, 4.69) is 20.4 Å². The molecule has 0 aliphatic heterocycles. The molecule has 0 aromatic rings. The molecule has 0 aromatic heterocycles. The zero-order valence-electron chi connectivity index (χ0n) is 11.3. The average Bonchev–Trinajstić information content (AvgIpc) is 2.11. The molecule has 1 nitrogen and oxygen atoms in total. The standard InChI is InChI=1S/C16H26O/c1-4-5-13(17)16-8-12-6-14(2,10-16)9-15(3,7-12)11-16/h4,12-13,17H,1,5-11H2,2-3H3. The number of rotatable bonds is 3. The largest absolute Gasteiger partial charge is 0.392 e. The summed E-state index contributed by atoms with van der Waals surface area (Å²) in [4.78, 5) is 0. The van der Waals surface area contributed by atoms with E-state index in [-0.39, 0.29) is 11.5 Å². The van der Waals surface area contributed by atoms with Crippen LogP contribution in [0.3, 0.4) is 0 Å². The molecule has 0 saturated heterocycles. The molecule has 17 heavy (non-hydrogen) atoms. The normalized spacial score (nSPS) is 53.7. The van der Waals surface area contributed by atoms with Crippen molar-refractivity contribution < 1.29 is 5.11 Å². The van der Waals surface area contributed by atoms with Crippen LogP contribution in [0.25, 0.3) is 0 Å². The van der Waals surface area contributed by atoms with Gasteiger partial charge >= 0.3 is 0 Å². The van der Waals surface area contributed by atoms with E-state index in [0.29, 0.717) is 10.8 Å². The van der Waals surface area contributed by atoms with E-state index < -0.39 is 0 Å². The van der Waals surface area contributed by atoms with Crippen LogP contribution in [-0.2, 0) is 0 Å². The predicted octanol–water partition coefficient (Wildman–Crippen LogP) is 3.92. The Morgan fingerprint density at radius 2 is 1.76 bits per heavy atom. The number of aliphatic hydroxyl groups is 1. The zero-order valence-corrected chi connectivity index (χ0v) is 11.3. The van der Waals surface area contributed by atoms with Gasteiger partial charge in [-0.05, 0) is 67.1 Å². The highest BCUT2D eigenvalue weighted by atomic mass is 16.3. The van der Waals surface area contributed by atoms with Crippen molar-refractivity contribution >= 4 is 0 Å². The Labute approximate surface area is 105 Å². The molecule has 96 valence electrons. The second-order valence-corrected chi connectivity index (χ2v) is 8.03. The molecular formula is C16H26O. The fraction of sp³-hybridized carbons (Fsp3) is 0.875. The maximum Gasteiger partial charge on any atom is 0.0631 e. The van der Waals surface area contributed by atoms with E-state index in [1.807, 2.05) is 6.08 Å². The van der Waals surface area contributed by atoms with Crippen molar-refractivity contribution in [2.24, 2.45) is 22.2 Å². The summed E-state index contributed by atoms with van der Waals surface area (Å²) in [6, 6.07) is 0. The molecule has 0 amide bonds. The topological polar surface area (TPSA) is 20.2 Å². The molecule has 1 N–H and O–H groups in total. The van der Waals surface area contributed by atoms with Crippen molar-refractivity contribution in [3.63, 3.8) is 0 Å². The van der Waals surface area contributed by atoms with Crippen molar-refractivity contribution in [2.45, 2.75) is 64.9 Å². The Balaban J connectivity index is 1.94. The molecule has 3 atom stereocenters. The van der Waals surface area contributed by atoms with Gasteiger partial charge in [-0.25, -0.2) is 0 Å². The van der Waals surface area contributed by atoms with Gasteiger partial charge in [-0.1, -0.05) is 19.9 Å². The molecule has 4 aliphatic rings. The van der Waals surface area contributed by atoms with Crippen molar-refractivity contribution in [3.05, 3.63) is 12.7 Å². The molecular weight excluding hydrogens is 208 g/mol. The van der Waals surface area contributed by atoms with E-state index >= 15 is 0 Å². The highest BCUT2D eigenvalue weighted by Crippen LogP contribution is 2.70. The van der Waals surface area contributed by atoms with Gasteiger partial charge in [0.25, 0.3) is 0 Å². The Morgan fingerprint density at radius 3 is 2.24 bits per heavy atom. The monoisotopic (exact) mass is 234 g/mol. The molecule has 0 spiro atoms. The summed E-state index contributed by atoms with van der Waals surface area (Å²) in [5.41, 5.74) is 1.24. The molecule has 4 saturated carbocycles. The second-order valence-electron chi connectivity index (χ2n) is 8.03. The first-order valence-electron chi connectivity index (χ1n) is 7.18. The number of aliphatic hydroxyl groups excluding tert-OH is 1. The average molecular weight is 234 g/mol. The molecule has 4 aliphatic carbocycles.